The predicted octanol–water partition coefficient (Wildman–Crippen LogP) is 2.14. The van der Waals surface area contributed by atoms with Gasteiger partial charge in [0.2, 0.25) is 0 Å². The van der Waals surface area contributed by atoms with Crippen LogP contribution in [0.2, 0.25) is 0 Å². The number of hydrogen-bond donors (Lipinski definition) is 1. The van der Waals surface area contributed by atoms with E-state index in [1.165, 1.54) is 13.2 Å². The third-order valence-electron chi connectivity index (χ3n) is 1.81. The molecule has 0 aliphatic carbocycles. The van der Waals surface area contributed by atoms with E-state index in [-0.39, 0.29) is 12.4 Å². The average Bonchev–Trinajstić information content (AvgIpc) is 2.12. The molecule has 0 aliphatic heterocycles. The molecule has 1 aromatic carbocycles. The van der Waals surface area contributed by atoms with Crippen LogP contribution in [-0.2, 0) is 11.2 Å². The van der Waals surface area contributed by atoms with Crippen LogP contribution in [0, 0.1) is 5.82 Å². The molecule has 1 rings (SSSR count). The molecule has 1 atom stereocenters. The van der Waals surface area contributed by atoms with Gasteiger partial charge < -0.3 is 9.84 Å². The van der Waals surface area contributed by atoms with Crippen molar-refractivity contribution in [1.29, 1.82) is 0 Å². The van der Waals surface area contributed by atoms with Crippen LogP contribution in [0.25, 0.3) is 0 Å². The number of aliphatic hydroxyl groups is 1. The molecule has 78 valence electrons. The highest BCUT2D eigenvalue weighted by Crippen LogP contribution is 2.17. The fourth-order valence-electron chi connectivity index (χ4n) is 1.19. The second kappa shape index (κ2) is 5.44. The van der Waals surface area contributed by atoms with Crippen LogP contribution in [-0.4, -0.2) is 24.9 Å². The second-order valence-corrected chi connectivity index (χ2v) is 3.92. The van der Waals surface area contributed by atoms with Crippen molar-refractivity contribution in [3.63, 3.8) is 0 Å². The van der Waals surface area contributed by atoms with Crippen LogP contribution in [0.1, 0.15) is 5.56 Å². The van der Waals surface area contributed by atoms with E-state index in [2.05, 4.69) is 15.9 Å². The quantitative estimate of drug-likeness (QED) is 0.901. The molecule has 0 aromatic heterocycles. The standard InChI is InChI=1S/C10H12BrFO2/c1-14-6-8(13)4-7-2-3-10(12)9(11)5-7/h2-3,5,8,13H,4,6H2,1H3. The van der Waals surface area contributed by atoms with Gasteiger partial charge in [0.1, 0.15) is 5.82 Å². The Kier molecular flexibility index (Phi) is 4.51. The molecule has 0 bridgehead atoms. The summed E-state index contributed by atoms with van der Waals surface area (Å²) < 4.78 is 18.1. The SMILES string of the molecule is COCC(O)Cc1ccc(F)c(Br)c1. The highest BCUT2D eigenvalue weighted by atomic mass is 79.9. The molecular weight excluding hydrogens is 251 g/mol. The lowest BCUT2D eigenvalue weighted by molar-refractivity contribution is 0.0650. The van der Waals surface area contributed by atoms with Crippen molar-refractivity contribution in [1.82, 2.24) is 0 Å². The van der Waals surface area contributed by atoms with Crippen molar-refractivity contribution in [2.24, 2.45) is 0 Å². The fraction of sp³-hybridized carbons (Fsp3) is 0.400. The van der Waals surface area contributed by atoms with Gasteiger partial charge in [0.15, 0.2) is 0 Å². The van der Waals surface area contributed by atoms with E-state index in [0.717, 1.165) is 5.56 Å². The van der Waals surface area contributed by atoms with Crippen LogP contribution in [0.15, 0.2) is 22.7 Å². The molecule has 0 saturated carbocycles. The molecule has 1 aromatic rings. The van der Waals surface area contributed by atoms with E-state index in [1.807, 2.05) is 0 Å². The zero-order valence-electron chi connectivity index (χ0n) is 7.84. The smallest absolute Gasteiger partial charge is 0.137 e. The van der Waals surface area contributed by atoms with Crippen molar-refractivity contribution in [3.05, 3.63) is 34.1 Å². The molecule has 0 amide bonds. The Morgan fingerprint density at radius 2 is 2.29 bits per heavy atom. The minimum absolute atomic E-state index is 0.287. The van der Waals surface area contributed by atoms with Gasteiger partial charge in [-0.3, -0.25) is 0 Å². The van der Waals surface area contributed by atoms with Crippen LogP contribution in [0.4, 0.5) is 4.39 Å². The van der Waals surface area contributed by atoms with E-state index in [9.17, 15) is 9.50 Å². The lowest BCUT2D eigenvalue weighted by Gasteiger charge is -2.09. The predicted molar refractivity (Wildman–Crippen MR) is 55.7 cm³/mol. The highest BCUT2D eigenvalue weighted by Gasteiger charge is 2.06. The Hall–Kier alpha value is -0.450. The Labute approximate surface area is 90.8 Å². The summed E-state index contributed by atoms with van der Waals surface area (Å²) in [4.78, 5) is 0. The normalized spacial score (nSPS) is 12.9. The van der Waals surface area contributed by atoms with Gasteiger partial charge in [-0.05, 0) is 33.6 Å². The summed E-state index contributed by atoms with van der Waals surface area (Å²) in [5.74, 6) is -0.296. The van der Waals surface area contributed by atoms with E-state index >= 15 is 0 Å². The van der Waals surface area contributed by atoms with Crippen molar-refractivity contribution < 1.29 is 14.2 Å². The topological polar surface area (TPSA) is 29.5 Å². The monoisotopic (exact) mass is 262 g/mol. The molecule has 2 nitrogen and oxygen atoms in total. The summed E-state index contributed by atoms with van der Waals surface area (Å²) in [6, 6.07) is 4.69. The summed E-state index contributed by atoms with van der Waals surface area (Å²) in [7, 11) is 1.53. The van der Waals surface area contributed by atoms with Gasteiger partial charge in [-0.25, -0.2) is 4.39 Å². The lowest BCUT2D eigenvalue weighted by atomic mass is 10.1. The first-order valence-electron chi connectivity index (χ1n) is 4.24. The molecule has 4 heteroatoms. The fourth-order valence-corrected chi connectivity index (χ4v) is 1.62. The summed E-state index contributed by atoms with van der Waals surface area (Å²) in [6.45, 7) is 0.287. The second-order valence-electron chi connectivity index (χ2n) is 3.06. The first-order valence-corrected chi connectivity index (χ1v) is 5.03. The Balaban J connectivity index is 2.63. The first kappa shape index (κ1) is 11.6. The minimum atomic E-state index is -0.544. The summed E-state index contributed by atoms with van der Waals surface area (Å²) in [6.07, 6.45) is -0.0791. The molecule has 0 spiro atoms. The number of aliphatic hydroxyl groups excluding tert-OH is 1. The van der Waals surface area contributed by atoms with Crippen LogP contribution in [0.5, 0.6) is 0 Å². The number of benzene rings is 1. The zero-order chi connectivity index (χ0) is 10.6. The zero-order valence-corrected chi connectivity index (χ0v) is 9.42. The van der Waals surface area contributed by atoms with Gasteiger partial charge in [0.05, 0.1) is 17.2 Å². The maximum absolute atomic E-state index is 12.9. The molecule has 0 heterocycles. The largest absolute Gasteiger partial charge is 0.390 e. The van der Waals surface area contributed by atoms with E-state index in [1.54, 1.807) is 12.1 Å². The average molecular weight is 263 g/mol. The maximum Gasteiger partial charge on any atom is 0.137 e. The Morgan fingerprint density at radius 1 is 1.57 bits per heavy atom. The van der Waals surface area contributed by atoms with Gasteiger partial charge in [0.25, 0.3) is 0 Å². The molecule has 0 saturated heterocycles. The number of ether oxygens (including phenoxy) is 1. The highest BCUT2D eigenvalue weighted by molar-refractivity contribution is 9.10. The molecule has 0 fully saturated rings. The number of hydrogen-bond acceptors (Lipinski definition) is 2. The molecule has 0 radical (unpaired) electrons. The lowest BCUT2D eigenvalue weighted by Crippen LogP contribution is -2.16. The molecule has 1 N–H and O–H groups in total. The minimum Gasteiger partial charge on any atom is -0.390 e. The third-order valence-corrected chi connectivity index (χ3v) is 2.42. The van der Waals surface area contributed by atoms with Gasteiger partial charge in [0, 0.05) is 13.5 Å². The maximum atomic E-state index is 12.9. The molecule has 14 heavy (non-hydrogen) atoms. The van der Waals surface area contributed by atoms with Gasteiger partial charge in [-0.15, -0.1) is 0 Å². The summed E-state index contributed by atoms with van der Waals surface area (Å²) >= 11 is 3.09. The number of halogens is 2. The summed E-state index contributed by atoms with van der Waals surface area (Å²) in [5, 5.41) is 9.43. The van der Waals surface area contributed by atoms with E-state index in [4.69, 9.17) is 4.74 Å². The number of methoxy groups -OCH3 is 1. The Morgan fingerprint density at radius 3 is 2.86 bits per heavy atom. The van der Waals surface area contributed by atoms with Crippen LogP contribution < -0.4 is 0 Å². The van der Waals surface area contributed by atoms with E-state index < -0.39 is 6.10 Å². The summed E-state index contributed by atoms with van der Waals surface area (Å²) in [5.41, 5.74) is 0.878. The van der Waals surface area contributed by atoms with Gasteiger partial charge in [-0.2, -0.15) is 0 Å². The van der Waals surface area contributed by atoms with Gasteiger partial charge >= 0.3 is 0 Å². The third kappa shape index (κ3) is 3.36. The van der Waals surface area contributed by atoms with Crippen LogP contribution >= 0.6 is 15.9 Å². The molecule has 1 unspecified atom stereocenters. The number of rotatable bonds is 4. The van der Waals surface area contributed by atoms with Crippen molar-refractivity contribution >= 4 is 15.9 Å². The first-order chi connectivity index (χ1) is 6.63. The van der Waals surface area contributed by atoms with Gasteiger partial charge in [-0.1, -0.05) is 6.07 Å². The van der Waals surface area contributed by atoms with Crippen molar-refractivity contribution in [3.8, 4) is 0 Å². The molecule has 0 aliphatic rings. The van der Waals surface area contributed by atoms with Crippen molar-refractivity contribution in [2.75, 3.05) is 13.7 Å². The van der Waals surface area contributed by atoms with Crippen LogP contribution in [0.3, 0.4) is 0 Å². The van der Waals surface area contributed by atoms with E-state index in [0.29, 0.717) is 10.9 Å². The Bertz CT molecular complexity index is 304. The molecular formula is C10H12BrFO2. The van der Waals surface area contributed by atoms with Crippen molar-refractivity contribution in [2.45, 2.75) is 12.5 Å².